The summed E-state index contributed by atoms with van der Waals surface area (Å²) in [7, 11) is -1.74. The average molecular weight is 485 g/mol. The lowest BCUT2D eigenvalue weighted by Gasteiger charge is -2.28. The van der Waals surface area contributed by atoms with Crippen LogP contribution in [0.3, 0.4) is 0 Å². The maximum absolute atomic E-state index is 14.3. The van der Waals surface area contributed by atoms with E-state index in [4.69, 9.17) is 9.84 Å². The third-order valence-electron chi connectivity index (χ3n) is 6.57. The molecule has 0 atom stereocenters. The molecule has 0 spiro atoms. The Balaban J connectivity index is 1.53. The van der Waals surface area contributed by atoms with E-state index in [-0.39, 0.29) is 18.4 Å². The number of halogens is 1. The minimum Gasteiger partial charge on any atom is -0.494 e. The third kappa shape index (κ3) is 4.60. The van der Waals surface area contributed by atoms with Gasteiger partial charge in [0.2, 0.25) is 10.0 Å². The summed E-state index contributed by atoms with van der Waals surface area (Å²) in [6.07, 6.45) is 3.74. The molecule has 0 bridgehead atoms. The van der Waals surface area contributed by atoms with Crippen molar-refractivity contribution in [1.82, 2.24) is 19.0 Å². The Hall–Kier alpha value is -2.75. The van der Waals surface area contributed by atoms with E-state index < -0.39 is 10.0 Å². The summed E-state index contributed by atoms with van der Waals surface area (Å²) in [5.41, 5.74) is 4.29. The number of hydrogen-bond donors (Lipinski definition) is 0. The van der Waals surface area contributed by atoms with Crippen molar-refractivity contribution < 1.29 is 17.5 Å². The van der Waals surface area contributed by atoms with E-state index in [9.17, 15) is 12.8 Å². The van der Waals surface area contributed by atoms with Gasteiger partial charge in [-0.2, -0.15) is 9.40 Å². The van der Waals surface area contributed by atoms with Crippen molar-refractivity contribution in [2.75, 3.05) is 19.9 Å². The monoisotopic (exact) mass is 484 g/mol. The SMILES string of the molecule is COc1ccccc1-n1nc(CN(C2CC2)S(C)(=O)=O)c2c1CCN(Cc1ccccc1F)C2. The van der Waals surface area contributed by atoms with Crippen LogP contribution in [0.5, 0.6) is 5.75 Å². The minimum atomic E-state index is -3.37. The Bertz CT molecular complexity index is 1300. The van der Waals surface area contributed by atoms with Crippen molar-refractivity contribution in [3.05, 3.63) is 76.9 Å². The van der Waals surface area contributed by atoms with E-state index in [0.29, 0.717) is 24.4 Å². The normalized spacial score (nSPS) is 16.6. The van der Waals surface area contributed by atoms with Crippen molar-refractivity contribution in [2.45, 2.75) is 44.9 Å². The van der Waals surface area contributed by atoms with Gasteiger partial charge in [-0.25, -0.2) is 17.5 Å². The van der Waals surface area contributed by atoms with Crippen molar-refractivity contribution >= 4 is 10.0 Å². The molecule has 1 fully saturated rings. The van der Waals surface area contributed by atoms with Crippen LogP contribution in [0.25, 0.3) is 5.69 Å². The van der Waals surface area contributed by atoms with E-state index in [1.807, 2.05) is 41.1 Å². The van der Waals surface area contributed by atoms with E-state index in [2.05, 4.69) is 4.90 Å². The highest BCUT2D eigenvalue weighted by Crippen LogP contribution is 2.34. The summed E-state index contributed by atoms with van der Waals surface area (Å²) in [5, 5.41) is 4.92. The number of methoxy groups -OCH3 is 1. The first kappa shape index (κ1) is 23.0. The second-order valence-corrected chi connectivity index (χ2v) is 11.0. The topological polar surface area (TPSA) is 67.7 Å². The van der Waals surface area contributed by atoms with Gasteiger partial charge in [-0.1, -0.05) is 30.3 Å². The summed E-state index contributed by atoms with van der Waals surface area (Å²) in [5.74, 6) is 0.491. The average Bonchev–Trinajstić information content (AvgIpc) is 3.59. The smallest absolute Gasteiger partial charge is 0.211 e. The predicted molar refractivity (Wildman–Crippen MR) is 128 cm³/mol. The molecule has 34 heavy (non-hydrogen) atoms. The molecule has 9 heteroatoms. The molecule has 0 radical (unpaired) electrons. The Morgan fingerprint density at radius 1 is 1.15 bits per heavy atom. The van der Waals surface area contributed by atoms with E-state index in [1.165, 1.54) is 12.3 Å². The van der Waals surface area contributed by atoms with Crippen LogP contribution >= 0.6 is 0 Å². The first-order valence-corrected chi connectivity index (χ1v) is 13.4. The van der Waals surface area contributed by atoms with Gasteiger partial charge in [0.15, 0.2) is 0 Å². The number of fused-ring (bicyclic) bond motifs is 1. The van der Waals surface area contributed by atoms with Crippen LogP contribution < -0.4 is 4.74 Å². The van der Waals surface area contributed by atoms with Crippen molar-refractivity contribution in [2.24, 2.45) is 0 Å². The highest BCUT2D eigenvalue weighted by Gasteiger charge is 2.37. The fourth-order valence-electron chi connectivity index (χ4n) is 4.70. The van der Waals surface area contributed by atoms with Crippen LogP contribution in [0.4, 0.5) is 4.39 Å². The third-order valence-corrected chi connectivity index (χ3v) is 7.85. The molecule has 2 heterocycles. The first-order valence-electron chi connectivity index (χ1n) is 11.5. The van der Waals surface area contributed by atoms with Crippen LogP contribution in [0, 0.1) is 5.82 Å². The van der Waals surface area contributed by atoms with Gasteiger partial charge >= 0.3 is 0 Å². The van der Waals surface area contributed by atoms with Gasteiger partial charge < -0.3 is 4.74 Å². The largest absolute Gasteiger partial charge is 0.494 e. The minimum absolute atomic E-state index is 0.0418. The van der Waals surface area contributed by atoms with Gasteiger partial charge in [0.1, 0.15) is 17.3 Å². The molecular weight excluding hydrogens is 455 g/mol. The van der Waals surface area contributed by atoms with Crippen LogP contribution in [0.2, 0.25) is 0 Å². The van der Waals surface area contributed by atoms with E-state index in [0.717, 1.165) is 48.4 Å². The summed E-state index contributed by atoms with van der Waals surface area (Å²) in [4.78, 5) is 2.19. The molecule has 5 rings (SSSR count). The standard InChI is InChI=1S/C25H29FN4O3S/c1-33-25-10-6-5-9-24(25)30-23-13-14-28(15-18-7-3-4-8-21(18)26)16-20(23)22(27-30)17-29(19-11-12-19)34(2,31)32/h3-10,19H,11-17H2,1-2H3. The molecule has 1 aromatic heterocycles. The maximum atomic E-state index is 14.3. The summed E-state index contributed by atoms with van der Waals surface area (Å²) in [6, 6.07) is 14.6. The quantitative estimate of drug-likeness (QED) is 0.490. The lowest BCUT2D eigenvalue weighted by molar-refractivity contribution is 0.239. The van der Waals surface area contributed by atoms with Gasteiger partial charge in [0, 0.05) is 43.2 Å². The Morgan fingerprint density at radius 3 is 2.59 bits per heavy atom. The number of aromatic nitrogens is 2. The zero-order valence-electron chi connectivity index (χ0n) is 19.4. The molecule has 180 valence electrons. The Kier molecular flexibility index (Phi) is 6.18. The van der Waals surface area contributed by atoms with Crippen LogP contribution in [0.1, 0.15) is 35.4 Å². The van der Waals surface area contributed by atoms with Crippen molar-refractivity contribution in [3.8, 4) is 11.4 Å². The zero-order chi connectivity index (χ0) is 23.9. The highest BCUT2D eigenvalue weighted by molar-refractivity contribution is 7.88. The van der Waals surface area contributed by atoms with Crippen LogP contribution in [-0.2, 0) is 36.1 Å². The molecule has 2 aliphatic rings. The number of ether oxygens (including phenoxy) is 1. The van der Waals surface area contributed by atoms with Crippen LogP contribution in [-0.4, -0.2) is 53.4 Å². The molecule has 1 aliphatic carbocycles. The molecule has 1 saturated carbocycles. The van der Waals surface area contributed by atoms with Gasteiger partial charge in [-0.15, -0.1) is 0 Å². The molecule has 1 aliphatic heterocycles. The molecule has 7 nitrogen and oxygen atoms in total. The molecule has 0 unspecified atom stereocenters. The molecule has 0 N–H and O–H groups in total. The number of hydrogen-bond acceptors (Lipinski definition) is 5. The van der Waals surface area contributed by atoms with Gasteiger partial charge in [-0.3, -0.25) is 4.90 Å². The fraction of sp³-hybridized carbons (Fsp3) is 0.400. The summed E-state index contributed by atoms with van der Waals surface area (Å²) < 4.78 is 48.4. The predicted octanol–water partition coefficient (Wildman–Crippen LogP) is 3.50. The number of para-hydroxylation sites is 2. The molecule has 0 saturated heterocycles. The number of benzene rings is 2. The van der Waals surface area contributed by atoms with E-state index in [1.54, 1.807) is 17.5 Å². The fourth-order valence-corrected chi connectivity index (χ4v) is 5.81. The molecule has 2 aromatic carbocycles. The summed E-state index contributed by atoms with van der Waals surface area (Å²) in [6.45, 7) is 2.06. The molecule has 0 amide bonds. The Morgan fingerprint density at radius 2 is 1.88 bits per heavy atom. The lowest BCUT2D eigenvalue weighted by atomic mass is 10.0. The maximum Gasteiger partial charge on any atom is 0.211 e. The van der Waals surface area contributed by atoms with Crippen molar-refractivity contribution in [1.29, 1.82) is 0 Å². The van der Waals surface area contributed by atoms with Crippen LogP contribution in [0.15, 0.2) is 48.5 Å². The Labute approximate surface area is 199 Å². The number of sulfonamides is 1. The van der Waals surface area contributed by atoms with Crippen molar-refractivity contribution in [3.63, 3.8) is 0 Å². The second-order valence-electron chi connectivity index (χ2n) is 9.05. The van der Waals surface area contributed by atoms with E-state index >= 15 is 0 Å². The van der Waals surface area contributed by atoms with Gasteiger partial charge in [0.25, 0.3) is 0 Å². The first-order chi connectivity index (χ1) is 16.3. The number of nitrogens with zero attached hydrogens (tertiary/aromatic N) is 4. The molecular formula is C25H29FN4O3S. The summed E-state index contributed by atoms with van der Waals surface area (Å²) >= 11 is 0. The van der Waals surface area contributed by atoms with Gasteiger partial charge in [0.05, 0.1) is 31.3 Å². The molecule has 3 aromatic rings. The lowest BCUT2D eigenvalue weighted by Crippen LogP contribution is -2.34. The number of rotatable bonds is 8. The zero-order valence-corrected chi connectivity index (χ0v) is 20.3. The van der Waals surface area contributed by atoms with Gasteiger partial charge in [-0.05, 0) is 31.0 Å². The highest BCUT2D eigenvalue weighted by atomic mass is 32.2. The second kappa shape index (κ2) is 9.13.